The van der Waals surface area contributed by atoms with Crippen LogP contribution in [-0.4, -0.2) is 83.6 Å². The van der Waals surface area contributed by atoms with Crippen molar-refractivity contribution in [2.45, 2.75) is 32.2 Å². The van der Waals surface area contributed by atoms with E-state index in [9.17, 15) is 4.79 Å². The number of halogens is 2. The van der Waals surface area contributed by atoms with Crippen LogP contribution in [0.2, 0.25) is 10.0 Å². The van der Waals surface area contributed by atoms with Crippen molar-refractivity contribution in [3.05, 3.63) is 58.3 Å². The van der Waals surface area contributed by atoms with Crippen LogP contribution in [0.4, 0.5) is 5.95 Å². The Hall–Kier alpha value is -2.98. The van der Waals surface area contributed by atoms with Crippen molar-refractivity contribution in [2.24, 2.45) is 11.8 Å². The second-order valence-corrected chi connectivity index (χ2v) is 12.3. The number of hydrogen-bond donors (Lipinski definition) is 0. The molecule has 1 aromatic carbocycles. The van der Waals surface area contributed by atoms with Crippen LogP contribution in [0.25, 0.3) is 11.3 Å². The third kappa shape index (κ3) is 7.50. The number of hydrogen-bond acceptors (Lipinski definition) is 9. The molecule has 0 bridgehead atoms. The van der Waals surface area contributed by atoms with Crippen LogP contribution in [0.5, 0.6) is 11.6 Å². The lowest BCUT2D eigenvalue weighted by Crippen LogP contribution is -2.47. The van der Waals surface area contributed by atoms with Gasteiger partial charge in [-0.25, -0.2) is 15.0 Å². The fourth-order valence-corrected chi connectivity index (χ4v) is 6.49. The highest BCUT2D eigenvalue weighted by Crippen LogP contribution is 2.45. The van der Waals surface area contributed by atoms with Crippen molar-refractivity contribution in [3.8, 4) is 22.9 Å². The van der Waals surface area contributed by atoms with Crippen LogP contribution in [-0.2, 0) is 16.1 Å². The molecule has 222 valence electrons. The number of esters is 1. The van der Waals surface area contributed by atoms with Gasteiger partial charge < -0.3 is 14.4 Å². The summed E-state index contributed by atoms with van der Waals surface area (Å²) in [6.45, 7) is 7.01. The Morgan fingerprint density at radius 2 is 1.60 bits per heavy atom. The third-order valence-electron chi connectivity index (χ3n) is 8.48. The molecule has 3 aromatic rings. The number of methoxy groups -OCH3 is 1. The normalized spacial score (nSPS) is 21.0. The van der Waals surface area contributed by atoms with Gasteiger partial charge in [0.1, 0.15) is 0 Å². The number of rotatable bonds is 9. The van der Waals surface area contributed by atoms with E-state index in [0.717, 1.165) is 74.5 Å². The summed E-state index contributed by atoms with van der Waals surface area (Å²) >= 11 is 12.7. The molecule has 0 N–H and O–H groups in total. The van der Waals surface area contributed by atoms with Crippen LogP contribution >= 0.6 is 23.2 Å². The Morgan fingerprint density at radius 1 is 0.905 bits per heavy atom. The number of carbonyl (C=O) groups excluding carboxylic acids is 1. The second-order valence-electron chi connectivity index (χ2n) is 11.4. The van der Waals surface area contributed by atoms with Gasteiger partial charge in [0.15, 0.2) is 5.75 Å². The number of carbonyl (C=O) groups is 1. The minimum Gasteiger partial charge on any atom is -0.469 e. The van der Waals surface area contributed by atoms with E-state index in [1.54, 1.807) is 18.5 Å². The first-order valence-electron chi connectivity index (χ1n) is 14.7. The summed E-state index contributed by atoms with van der Waals surface area (Å²) < 4.78 is 11.0. The summed E-state index contributed by atoms with van der Waals surface area (Å²) in [6.07, 6.45) is 7.76. The fourth-order valence-electron chi connectivity index (χ4n) is 5.96. The number of nitrogens with zero attached hydrogens (tertiary/aromatic N) is 6. The van der Waals surface area contributed by atoms with E-state index in [0.29, 0.717) is 40.6 Å². The second kappa shape index (κ2) is 13.1. The molecule has 2 saturated heterocycles. The maximum Gasteiger partial charge on any atom is 0.306 e. The minimum atomic E-state index is -0.182. The number of piperazine rings is 1. The molecule has 42 heavy (non-hydrogen) atoms. The van der Waals surface area contributed by atoms with Gasteiger partial charge in [-0.15, -0.1) is 0 Å². The number of aromatic nitrogens is 3. The molecule has 2 aliphatic heterocycles. The first-order valence-corrected chi connectivity index (χ1v) is 15.4. The number of fused-ring (bicyclic) bond motifs is 1. The highest BCUT2D eigenvalue weighted by Gasteiger charge is 2.38. The van der Waals surface area contributed by atoms with E-state index in [1.807, 2.05) is 18.2 Å². The summed E-state index contributed by atoms with van der Waals surface area (Å²) in [7, 11) is 1.42. The lowest BCUT2D eigenvalue weighted by molar-refractivity contribution is -0.141. The Morgan fingerprint density at radius 3 is 2.26 bits per heavy atom. The Kier molecular flexibility index (Phi) is 9.09. The summed E-state index contributed by atoms with van der Waals surface area (Å²) in [5, 5.41) is 1.12. The molecule has 2 aromatic heterocycles. The Labute approximate surface area is 256 Å². The van der Waals surface area contributed by atoms with Crippen LogP contribution in [0.15, 0.2) is 42.7 Å². The highest BCUT2D eigenvalue weighted by atomic mass is 35.5. The lowest BCUT2D eigenvalue weighted by Gasteiger charge is -2.34. The van der Waals surface area contributed by atoms with Gasteiger partial charge in [-0.3, -0.25) is 14.6 Å². The maximum absolute atomic E-state index is 11.4. The Balaban J connectivity index is 1.14. The zero-order chi connectivity index (χ0) is 29.1. The molecule has 1 aliphatic carbocycles. The average Bonchev–Trinajstić information content (AvgIpc) is 3.77. The molecule has 2 unspecified atom stereocenters. The van der Waals surface area contributed by atoms with Gasteiger partial charge in [0.05, 0.1) is 31.6 Å². The van der Waals surface area contributed by atoms with Crippen molar-refractivity contribution in [1.29, 1.82) is 0 Å². The van der Waals surface area contributed by atoms with Gasteiger partial charge >= 0.3 is 5.97 Å². The largest absolute Gasteiger partial charge is 0.469 e. The van der Waals surface area contributed by atoms with Crippen molar-refractivity contribution in [3.63, 3.8) is 0 Å². The van der Waals surface area contributed by atoms with Crippen LogP contribution in [0.3, 0.4) is 0 Å². The van der Waals surface area contributed by atoms with Crippen molar-refractivity contribution in [2.75, 3.05) is 57.8 Å². The molecular formula is C31H36Cl2N6O3. The van der Waals surface area contributed by atoms with Crippen LogP contribution < -0.4 is 9.64 Å². The first kappa shape index (κ1) is 29.1. The monoisotopic (exact) mass is 610 g/mol. The lowest BCUT2D eigenvalue weighted by atomic mass is 10.1. The van der Waals surface area contributed by atoms with Gasteiger partial charge in [0, 0.05) is 60.9 Å². The maximum atomic E-state index is 11.4. The van der Waals surface area contributed by atoms with E-state index in [1.165, 1.54) is 26.4 Å². The van der Waals surface area contributed by atoms with Crippen LogP contribution in [0.1, 0.15) is 31.2 Å². The van der Waals surface area contributed by atoms with E-state index in [4.69, 9.17) is 37.7 Å². The quantitative estimate of drug-likeness (QED) is 0.289. The third-order valence-corrected chi connectivity index (χ3v) is 8.92. The molecule has 4 heterocycles. The molecule has 0 radical (unpaired) electrons. The number of likely N-dealkylation sites (tertiary alicyclic amines) is 1. The minimum absolute atomic E-state index is 0.182. The first-order chi connectivity index (χ1) is 20.4. The molecule has 1 saturated carbocycles. The molecule has 11 heteroatoms. The van der Waals surface area contributed by atoms with Gasteiger partial charge in [0.25, 0.3) is 0 Å². The van der Waals surface area contributed by atoms with Crippen molar-refractivity contribution in [1.82, 2.24) is 24.8 Å². The summed E-state index contributed by atoms with van der Waals surface area (Å²) in [4.78, 5) is 32.3. The van der Waals surface area contributed by atoms with E-state index >= 15 is 0 Å². The SMILES string of the molecule is COC(=O)CCN1CCN(c2ncc(Oc3cc(CN4CCC5CC5CC4)cc(-c4cc(Cl)cc(Cl)c4)n3)cn2)CC1. The standard InChI is InChI=1S/C31H36Cl2N6O3/c1-41-30(40)4-7-37-8-10-39(11-9-37)31-34-18-27(19-35-31)42-29-13-21(20-38-5-2-22-14-23(22)3-6-38)12-28(36-29)24-15-25(32)17-26(33)16-24/h12-13,15-19,22-23H,2-11,14,20H2,1H3. The van der Waals surface area contributed by atoms with Gasteiger partial charge in [-0.05, 0) is 74.0 Å². The number of benzene rings is 1. The van der Waals surface area contributed by atoms with Gasteiger partial charge in [-0.2, -0.15) is 0 Å². The predicted octanol–water partition coefficient (Wildman–Crippen LogP) is 5.55. The van der Waals surface area contributed by atoms with Crippen LogP contribution in [0, 0.1) is 11.8 Å². The smallest absolute Gasteiger partial charge is 0.306 e. The summed E-state index contributed by atoms with van der Waals surface area (Å²) in [5.41, 5.74) is 2.73. The van der Waals surface area contributed by atoms with E-state index < -0.39 is 0 Å². The molecule has 3 fully saturated rings. The topological polar surface area (TPSA) is 83.9 Å². The molecule has 0 spiro atoms. The molecular weight excluding hydrogens is 575 g/mol. The number of ether oxygens (including phenoxy) is 2. The van der Waals surface area contributed by atoms with Gasteiger partial charge in [0.2, 0.25) is 11.8 Å². The fraction of sp³-hybridized carbons (Fsp3) is 0.484. The zero-order valence-corrected chi connectivity index (χ0v) is 25.4. The molecule has 6 rings (SSSR count). The predicted molar refractivity (Wildman–Crippen MR) is 163 cm³/mol. The number of anilines is 1. The number of pyridine rings is 1. The Bertz CT molecular complexity index is 1370. The molecule has 0 amide bonds. The zero-order valence-electron chi connectivity index (χ0n) is 23.8. The van der Waals surface area contributed by atoms with Crippen molar-refractivity contribution >= 4 is 35.1 Å². The van der Waals surface area contributed by atoms with Gasteiger partial charge in [-0.1, -0.05) is 23.2 Å². The molecule has 9 nitrogen and oxygen atoms in total. The average molecular weight is 612 g/mol. The van der Waals surface area contributed by atoms with E-state index in [2.05, 4.69) is 30.7 Å². The summed E-state index contributed by atoms with van der Waals surface area (Å²) in [5.74, 6) is 3.32. The summed E-state index contributed by atoms with van der Waals surface area (Å²) in [6, 6.07) is 9.57. The molecule has 2 atom stereocenters. The molecule has 3 aliphatic rings. The van der Waals surface area contributed by atoms with Crippen molar-refractivity contribution < 1.29 is 14.3 Å². The highest BCUT2D eigenvalue weighted by molar-refractivity contribution is 6.35. The van der Waals surface area contributed by atoms with E-state index in [-0.39, 0.29) is 5.97 Å².